The number of hydrogen-bond acceptors (Lipinski definition) is 6. The van der Waals surface area contributed by atoms with Gasteiger partial charge in [0.25, 0.3) is 5.91 Å². The first-order valence-corrected chi connectivity index (χ1v) is 9.24. The molecule has 1 N–H and O–H groups in total. The van der Waals surface area contributed by atoms with Gasteiger partial charge >= 0.3 is 11.9 Å². The van der Waals surface area contributed by atoms with E-state index in [1.54, 1.807) is 17.4 Å². The van der Waals surface area contributed by atoms with E-state index in [4.69, 9.17) is 4.74 Å². The Morgan fingerprint density at radius 3 is 2.63 bits per heavy atom. The molecule has 1 aromatic carbocycles. The van der Waals surface area contributed by atoms with Gasteiger partial charge in [-0.1, -0.05) is 30.3 Å². The number of rotatable bonds is 9. The molecule has 0 aliphatic rings. The van der Waals surface area contributed by atoms with Crippen molar-refractivity contribution in [2.24, 2.45) is 0 Å². The Morgan fingerprint density at radius 1 is 1.11 bits per heavy atom. The Balaban J connectivity index is 1.70. The summed E-state index contributed by atoms with van der Waals surface area (Å²) in [7, 11) is 1.31. The van der Waals surface area contributed by atoms with Crippen molar-refractivity contribution in [2.45, 2.75) is 12.8 Å². The first-order valence-electron chi connectivity index (χ1n) is 8.42. The molecule has 7 heteroatoms. The average molecular weight is 387 g/mol. The highest BCUT2D eigenvalue weighted by molar-refractivity contribution is 7.16. The van der Waals surface area contributed by atoms with Crippen molar-refractivity contribution in [1.29, 1.82) is 0 Å². The van der Waals surface area contributed by atoms with Gasteiger partial charge < -0.3 is 14.8 Å². The highest BCUT2D eigenvalue weighted by Gasteiger charge is 2.06. The van der Waals surface area contributed by atoms with Gasteiger partial charge in [-0.15, -0.1) is 11.3 Å². The van der Waals surface area contributed by atoms with Crippen LogP contribution in [-0.2, 0) is 23.9 Å². The zero-order valence-electron chi connectivity index (χ0n) is 15.0. The maximum Gasteiger partial charge on any atom is 0.331 e. The summed E-state index contributed by atoms with van der Waals surface area (Å²) in [6, 6.07) is 13.9. The molecule has 1 amide bonds. The van der Waals surface area contributed by atoms with Crippen LogP contribution >= 0.6 is 11.3 Å². The van der Waals surface area contributed by atoms with Gasteiger partial charge in [-0.3, -0.25) is 9.59 Å². The predicted molar refractivity (Wildman–Crippen MR) is 104 cm³/mol. The number of carbonyl (C=O) groups is 3. The molecular weight excluding hydrogens is 366 g/mol. The molecule has 0 atom stereocenters. The normalized spacial score (nSPS) is 10.6. The number of ether oxygens (including phenoxy) is 2. The molecule has 1 heterocycles. The Labute approximate surface area is 161 Å². The summed E-state index contributed by atoms with van der Waals surface area (Å²) in [5.41, 5.74) is 1.12. The van der Waals surface area contributed by atoms with Crippen molar-refractivity contribution >= 4 is 35.3 Å². The summed E-state index contributed by atoms with van der Waals surface area (Å²) in [6.07, 6.45) is 3.65. The van der Waals surface area contributed by atoms with E-state index in [1.165, 1.54) is 13.2 Å². The van der Waals surface area contributed by atoms with Gasteiger partial charge in [-0.05, 0) is 30.2 Å². The first kappa shape index (κ1) is 20.4. The lowest BCUT2D eigenvalue weighted by atomic mass is 10.2. The molecule has 27 heavy (non-hydrogen) atoms. The summed E-state index contributed by atoms with van der Waals surface area (Å²) in [5, 5.41) is 2.57. The fourth-order valence-corrected chi connectivity index (χ4v) is 3.06. The van der Waals surface area contributed by atoms with Gasteiger partial charge in [-0.2, -0.15) is 0 Å². The van der Waals surface area contributed by atoms with E-state index in [0.717, 1.165) is 15.3 Å². The van der Waals surface area contributed by atoms with Crippen LogP contribution in [0.3, 0.4) is 0 Å². The third-order valence-electron chi connectivity index (χ3n) is 3.52. The average Bonchev–Trinajstić information content (AvgIpc) is 3.17. The van der Waals surface area contributed by atoms with Crippen molar-refractivity contribution in [3.05, 3.63) is 53.4 Å². The minimum Gasteiger partial charge on any atom is -0.469 e. The summed E-state index contributed by atoms with van der Waals surface area (Å²) >= 11 is 1.56. The molecule has 0 aliphatic heterocycles. The second kappa shape index (κ2) is 10.9. The van der Waals surface area contributed by atoms with E-state index in [0.29, 0.717) is 13.0 Å². The lowest BCUT2D eigenvalue weighted by Crippen LogP contribution is -2.29. The quantitative estimate of drug-likeness (QED) is 0.406. The van der Waals surface area contributed by atoms with E-state index in [-0.39, 0.29) is 19.0 Å². The van der Waals surface area contributed by atoms with Gasteiger partial charge in [0, 0.05) is 28.8 Å². The molecule has 0 radical (unpaired) electrons. The third kappa shape index (κ3) is 7.45. The summed E-state index contributed by atoms with van der Waals surface area (Å²) in [6.45, 7) is -0.0418. The van der Waals surface area contributed by atoms with Crippen molar-refractivity contribution < 1.29 is 23.9 Å². The first-order chi connectivity index (χ1) is 13.1. The molecule has 2 aromatic rings. The zero-order chi connectivity index (χ0) is 19.5. The van der Waals surface area contributed by atoms with Crippen LogP contribution in [0, 0.1) is 0 Å². The lowest BCUT2D eigenvalue weighted by molar-refractivity contribution is -0.143. The molecule has 1 aromatic heterocycles. The highest BCUT2D eigenvalue weighted by atomic mass is 32.1. The van der Waals surface area contributed by atoms with E-state index in [1.807, 2.05) is 42.5 Å². The summed E-state index contributed by atoms with van der Waals surface area (Å²) in [5.74, 6) is -1.33. The van der Waals surface area contributed by atoms with Crippen LogP contribution in [0.15, 0.2) is 48.5 Å². The largest absolute Gasteiger partial charge is 0.469 e. The molecule has 0 saturated heterocycles. The Bertz CT molecular complexity index is 798. The van der Waals surface area contributed by atoms with Crippen molar-refractivity contribution in [3.63, 3.8) is 0 Å². The second-order valence-electron chi connectivity index (χ2n) is 5.54. The minimum absolute atomic E-state index is 0.227. The number of esters is 2. The summed E-state index contributed by atoms with van der Waals surface area (Å²) in [4.78, 5) is 36.2. The Hall–Kier alpha value is -2.93. The molecule has 0 spiro atoms. The van der Waals surface area contributed by atoms with Gasteiger partial charge in [0.1, 0.15) is 0 Å². The molecular formula is C20H21NO5S. The number of thiophene rings is 1. The molecule has 0 unspecified atom stereocenters. The lowest BCUT2D eigenvalue weighted by Gasteiger charge is -2.04. The fraction of sp³-hybridized carbons (Fsp3) is 0.250. The topological polar surface area (TPSA) is 81.7 Å². The maximum absolute atomic E-state index is 11.7. The minimum atomic E-state index is -0.589. The number of carbonyl (C=O) groups excluding carboxylic acids is 3. The van der Waals surface area contributed by atoms with Crippen LogP contribution in [0.5, 0.6) is 0 Å². The SMILES string of the molecule is COC(=O)CCCNC(=O)COC(=O)/C=C/c1ccc(-c2ccccc2)s1. The van der Waals surface area contributed by atoms with Gasteiger partial charge in [0.2, 0.25) is 0 Å². The summed E-state index contributed by atoms with van der Waals surface area (Å²) < 4.78 is 9.39. The van der Waals surface area contributed by atoms with Gasteiger partial charge in [0.15, 0.2) is 6.61 Å². The van der Waals surface area contributed by atoms with Crippen molar-refractivity contribution in [1.82, 2.24) is 5.32 Å². The fourth-order valence-electron chi connectivity index (χ4n) is 2.15. The highest BCUT2D eigenvalue weighted by Crippen LogP contribution is 2.28. The number of hydrogen-bond donors (Lipinski definition) is 1. The standard InChI is InChI=1S/C20H21NO5S/c1-25-19(23)8-5-13-21-18(22)14-26-20(24)12-10-16-9-11-17(27-16)15-6-3-2-4-7-15/h2-4,6-7,9-12H,5,8,13-14H2,1H3,(H,21,22)/b12-10+. The molecule has 6 nitrogen and oxygen atoms in total. The van der Waals surface area contributed by atoms with Crippen LogP contribution in [0.1, 0.15) is 17.7 Å². The molecule has 2 rings (SSSR count). The smallest absolute Gasteiger partial charge is 0.331 e. The Morgan fingerprint density at radius 2 is 1.89 bits per heavy atom. The second-order valence-corrected chi connectivity index (χ2v) is 6.65. The third-order valence-corrected chi connectivity index (χ3v) is 4.62. The van der Waals surface area contributed by atoms with Crippen LogP contribution in [0.4, 0.5) is 0 Å². The monoisotopic (exact) mass is 387 g/mol. The Kier molecular flexibility index (Phi) is 8.25. The zero-order valence-corrected chi connectivity index (χ0v) is 15.8. The van der Waals surface area contributed by atoms with Crippen LogP contribution < -0.4 is 5.32 Å². The van der Waals surface area contributed by atoms with Gasteiger partial charge in [0.05, 0.1) is 7.11 Å². The molecule has 0 saturated carbocycles. The van der Waals surface area contributed by atoms with Crippen LogP contribution in [0.2, 0.25) is 0 Å². The van der Waals surface area contributed by atoms with E-state index < -0.39 is 11.9 Å². The number of benzene rings is 1. The van der Waals surface area contributed by atoms with E-state index >= 15 is 0 Å². The predicted octanol–water partition coefficient (Wildman–Crippen LogP) is 3.04. The van der Waals surface area contributed by atoms with Gasteiger partial charge in [-0.25, -0.2) is 4.79 Å². The van der Waals surface area contributed by atoms with Crippen LogP contribution in [0.25, 0.3) is 16.5 Å². The van der Waals surface area contributed by atoms with Crippen molar-refractivity contribution in [3.8, 4) is 10.4 Å². The molecule has 0 aliphatic carbocycles. The number of amides is 1. The van der Waals surface area contributed by atoms with Crippen molar-refractivity contribution in [2.75, 3.05) is 20.3 Å². The molecule has 142 valence electrons. The molecule has 0 fully saturated rings. The number of nitrogens with one attached hydrogen (secondary N) is 1. The molecule has 0 bridgehead atoms. The van der Waals surface area contributed by atoms with E-state index in [2.05, 4.69) is 10.1 Å². The van der Waals surface area contributed by atoms with Crippen LogP contribution in [-0.4, -0.2) is 38.1 Å². The maximum atomic E-state index is 11.7. The van der Waals surface area contributed by atoms with E-state index in [9.17, 15) is 14.4 Å². The number of methoxy groups -OCH3 is 1.